The van der Waals surface area contributed by atoms with Crippen molar-refractivity contribution in [2.24, 2.45) is 5.10 Å². The maximum absolute atomic E-state index is 5.27. The average molecular weight is 291 g/mol. The number of para-hydroxylation sites is 2. The van der Waals surface area contributed by atoms with Gasteiger partial charge < -0.3 is 10.1 Å². The molecular formula is C15H21N3OS. The lowest BCUT2D eigenvalue weighted by molar-refractivity contribution is 0.417. The molecule has 1 aliphatic carbocycles. The van der Waals surface area contributed by atoms with Gasteiger partial charge in [-0.1, -0.05) is 25.0 Å². The summed E-state index contributed by atoms with van der Waals surface area (Å²) in [4.78, 5) is 0. The Morgan fingerprint density at radius 3 is 2.55 bits per heavy atom. The fourth-order valence-corrected chi connectivity index (χ4v) is 2.43. The first-order chi connectivity index (χ1) is 9.79. The summed E-state index contributed by atoms with van der Waals surface area (Å²) >= 11 is 5.26. The topological polar surface area (TPSA) is 45.6 Å². The molecule has 0 aromatic heterocycles. The maximum Gasteiger partial charge on any atom is 0.191 e. The third-order valence-electron chi connectivity index (χ3n) is 3.35. The quantitative estimate of drug-likeness (QED) is 0.506. The molecule has 0 heterocycles. The minimum absolute atomic E-state index is 0.492. The highest BCUT2D eigenvalue weighted by atomic mass is 32.1. The van der Waals surface area contributed by atoms with E-state index in [4.69, 9.17) is 17.0 Å². The standard InChI is InChI=1S/C15H21N3OS/c1-19-14-11-7-6-10-13(14)16-15(20)18-17-12-8-4-2-3-5-9-12/h6-7,10-11H,2-5,8-9H2,1H3,(H2,16,18,20). The Bertz CT molecular complexity index is 478. The Balaban J connectivity index is 1.90. The zero-order chi connectivity index (χ0) is 14.2. The fourth-order valence-electron chi connectivity index (χ4n) is 2.28. The van der Waals surface area contributed by atoms with Crippen molar-refractivity contribution < 1.29 is 4.74 Å². The van der Waals surface area contributed by atoms with Gasteiger partial charge >= 0.3 is 0 Å². The minimum atomic E-state index is 0.492. The number of anilines is 1. The van der Waals surface area contributed by atoms with Crippen LogP contribution in [0.2, 0.25) is 0 Å². The fraction of sp³-hybridized carbons (Fsp3) is 0.467. The summed E-state index contributed by atoms with van der Waals surface area (Å²) in [6, 6.07) is 7.67. The molecule has 5 heteroatoms. The summed E-state index contributed by atoms with van der Waals surface area (Å²) in [6.45, 7) is 0. The Labute approximate surface area is 125 Å². The van der Waals surface area contributed by atoms with Crippen LogP contribution in [0, 0.1) is 0 Å². The van der Waals surface area contributed by atoms with Crippen LogP contribution in [0.15, 0.2) is 29.4 Å². The number of hydrazone groups is 1. The molecule has 108 valence electrons. The number of hydrogen-bond acceptors (Lipinski definition) is 3. The molecule has 1 aromatic carbocycles. The van der Waals surface area contributed by atoms with E-state index in [1.165, 1.54) is 31.4 Å². The van der Waals surface area contributed by atoms with Gasteiger partial charge in [0.25, 0.3) is 0 Å². The summed E-state index contributed by atoms with van der Waals surface area (Å²) in [5.41, 5.74) is 4.99. The first-order valence-electron chi connectivity index (χ1n) is 7.05. The predicted molar refractivity (Wildman–Crippen MR) is 87.5 cm³/mol. The van der Waals surface area contributed by atoms with Gasteiger partial charge in [0.2, 0.25) is 0 Å². The predicted octanol–water partition coefficient (Wildman–Crippen LogP) is 3.69. The van der Waals surface area contributed by atoms with E-state index in [9.17, 15) is 0 Å². The zero-order valence-electron chi connectivity index (χ0n) is 11.8. The van der Waals surface area contributed by atoms with Crippen molar-refractivity contribution in [1.82, 2.24) is 5.43 Å². The molecule has 1 saturated carbocycles. The molecule has 2 N–H and O–H groups in total. The van der Waals surface area contributed by atoms with Gasteiger partial charge in [0.15, 0.2) is 5.11 Å². The van der Waals surface area contributed by atoms with E-state index in [0.717, 1.165) is 24.3 Å². The smallest absolute Gasteiger partial charge is 0.191 e. The van der Waals surface area contributed by atoms with Crippen LogP contribution < -0.4 is 15.5 Å². The second-order valence-corrected chi connectivity index (χ2v) is 5.27. The summed E-state index contributed by atoms with van der Waals surface area (Å²) in [5, 5.41) is 8.01. The SMILES string of the molecule is COc1ccccc1NC(=S)NN=C1CCCCCC1. The van der Waals surface area contributed by atoms with Gasteiger partial charge in [-0.15, -0.1) is 0 Å². The van der Waals surface area contributed by atoms with E-state index < -0.39 is 0 Å². The Kier molecular flexibility index (Phi) is 5.80. The normalized spacial score (nSPS) is 15.2. The Hall–Kier alpha value is -1.62. The van der Waals surface area contributed by atoms with E-state index in [1.54, 1.807) is 7.11 Å². The van der Waals surface area contributed by atoms with E-state index in [0.29, 0.717) is 5.11 Å². The molecule has 2 rings (SSSR count). The van der Waals surface area contributed by atoms with E-state index >= 15 is 0 Å². The molecule has 0 amide bonds. The highest BCUT2D eigenvalue weighted by molar-refractivity contribution is 7.80. The second-order valence-electron chi connectivity index (χ2n) is 4.86. The Morgan fingerprint density at radius 1 is 1.15 bits per heavy atom. The maximum atomic E-state index is 5.27. The number of nitrogens with one attached hydrogen (secondary N) is 2. The van der Waals surface area contributed by atoms with Gasteiger partial charge in [-0.3, -0.25) is 5.43 Å². The van der Waals surface area contributed by atoms with E-state index in [1.807, 2.05) is 24.3 Å². The first kappa shape index (κ1) is 14.8. The van der Waals surface area contributed by atoms with Crippen LogP contribution in [0.3, 0.4) is 0 Å². The number of benzene rings is 1. The molecule has 0 spiro atoms. The van der Waals surface area contributed by atoms with Crippen molar-refractivity contribution in [3.8, 4) is 5.75 Å². The van der Waals surface area contributed by atoms with Crippen LogP contribution in [-0.4, -0.2) is 17.9 Å². The summed E-state index contributed by atoms with van der Waals surface area (Å²) < 4.78 is 5.27. The third-order valence-corrected chi connectivity index (χ3v) is 3.54. The summed E-state index contributed by atoms with van der Waals surface area (Å²) in [7, 11) is 1.64. The van der Waals surface area contributed by atoms with Gasteiger partial charge in [0, 0.05) is 5.71 Å². The van der Waals surface area contributed by atoms with Crippen LogP contribution in [0.1, 0.15) is 38.5 Å². The lowest BCUT2D eigenvalue weighted by atomic mass is 10.2. The van der Waals surface area contributed by atoms with Crippen molar-refractivity contribution in [2.75, 3.05) is 12.4 Å². The zero-order valence-corrected chi connectivity index (χ0v) is 12.6. The van der Waals surface area contributed by atoms with Crippen molar-refractivity contribution in [1.29, 1.82) is 0 Å². The van der Waals surface area contributed by atoms with Crippen LogP contribution in [0.25, 0.3) is 0 Å². The van der Waals surface area contributed by atoms with Gasteiger partial charge in [0.05, 0.1) is 12.8 Å². The molecule has 0 radical (unpaired) electrons. The van der Waals surface area contributed by atoms with Gasteiger partial charge in [-0.05, 0) is 50.0 Å². The van der Waals surface area contributed by atoms with Crippen LogP contribution in [-0.2, 0) is 0 Å². The number of nitrogens with zero attached hydrogens (tertiary/aromatic N) is 1. The first-order valence-corrected chi connectivity index (χ1v) is 7.46. The molecule has 0 atom stereocenters. The molecule has 4 nitrogen and oxygen atoms in total. The van der Waals surface area contributed by atoms with Crippen LogP contribution in [0.4, 0.5) is 5.69 Å². The molecule has 0 unspecified atom stereocenters. The molecule has 20 heavy (non-hydrogen) atoms. The van der Waals surface area contributed by atoms with E-state index in [-0.39, 0.29) is 0 Å². The van der Waals surface area contributed by atoms with Crippen LogP contribution in [0.5, 0.6) is 5.75 Å². The number of hydrogen-bond donors (Lipinski definition) is 2. The van der Waals surface area contributed by atoms with Crippen molar-refractivity contribution in [3.05, 3.63) is 24.3 Å². The highest BCUT2D eigenvalue weighted by Crippen LogP contribution is 2.22. The third kappa shape index (κ3) is 4.49. The van der Waals surface area contributed by atoms with E-state index in [2.05, 4.69) is 15.8 Å². The largest absolute Gasteiger partial charge is 0.495 e. The molecule has 1 fully saturated rings. The number of methoxy groups -OCH3 is 1. The molecule has 1 aromatic rings. The summed E-state index contributed by atoms with van der Waals surface area (Å²) in [6.07, 6.45) is 7.22. The molecule has 0 bridgehead atoms. The lowest BCUT2D eigenvalue weighted by Gasteiger charge is -2.11. The van der Waals surface area contributed by atoms with Crippen molar-refractivity contribution >= 4 is 28.7 Å². The molecule has 0 saturated heterocycles. The summed E-state index contributed by atoms with van der Waals surface area (Å²) in [5.74, 6) is 0.763. The van der Waals surface area contributed by atoms with Gasteiger partial charge in [-0.25, -0.2) is 0 Å². The van der Waals surface area contributed by atoms with Gasteiger partial charge in [-0.2, -0.15) is 5.10 Å². The highest BCUT2D eigenvalue weighted by Gasteiger charge is 2.07. The monoisotopic (exact) mass is 291 g/mol. The van der Waals surface area contributed by atoms with Crippen molar-refractivity contribution in [2.45, 2.75) is 38.5 Å². The molecule has 1 aliphatic rings. The minimum Gasteiger partial charge on any atom is -0.495 e. The van der Waals surface area contributed by atoms with Crippen LogP contribution >= 0.6 is 12.2 Å². The second kappa shape index (κ2) is 7.85. The average Bonchev–Trinajstić information content (AvgIpc) is 2.74. The Morgan fingerprint density at radius 2 is 1.85 bits per heavy atom. The molecule has 0 aliphatic heterocycles. The number of ether oxygens (including phenoxy) is 1. The number of thiocarbonyl (C=S) groups is 1. The van der Waals surface area contributed by atoms with Crippen molar-refractivity contribution in [3.63, 3.8) is 0 Å². The molecular weight excluding hydrogens is 270 g/mol. The lowest BCUT2D eigenvalue weighted by Crippen LogP contribution is -2.25. The number of rotatable bonds is 3. The van der Waals surface area contributed by atoms with Gasteiger partial charge in [0.1, 0.15) is 5.75 Å².